The van der Waals surface area contributed by atoms with Gasteiger partial charge in [-0.3, -0.25) is 9.69 Å². The standard InChI is InChI=1S/C16H20ClN5O3.ClH/c17-12-1-3-13(4-2-12)24-11-16(23)22-7-5-21(6-8-22)10-14-19-15(9-18)25-20-14;/h1-4H,5-11,18H2;1H. The lowest BCUT2D eigenvalue weighted by molar-refractivity contribution is -0.135. The summed E-state index contributed by atoms with van der Waals surface area (Å²) in [7, 11) is 0. The van der Waals surface area contributed by atoms with E-state index in [1.54, 1.807) is 29.2 Å². The normalized spacial score (nSPS) is 14.8. The monoisotopic (exact) mass is 401 g/mol. The van der Waals surface area contributed by atoms with Crippen LogP contribution in [-0.4, -0.2) is 58.6 Å². The van der Waals surface area contributed by atoms with Crippen molar-refractivity contribution in [3.05, 3.63) is 41.0 Å². The fraction of sp³-hybridized carbons (Fsp3) is 0.438. The van der Waals surface area contributed by atoms with E-state index in [0.29, 0.717) is 42.1 Å². The van der Waals surface area contributed by atoms with E-state index in [9.17, 15) is 4.79 Å². The van der Waals surface area contributed by atoms with Crippen LogP contribution in [0.4, 0.5) is 0 Å². The van der Waals surface area contributed by atoms with Crippen LogP contribution in [0.3, 0.4) is 0 Å². The smallest absolute Gasteiger partial charge is 0.260 e. The molecule has 0 spiro atoms. The summed E-state index contributed by atoms with van der Waals surface area (Å²) in [5.41, 5.74) is 5.45. The van der Waals surface area contributed by atoms with Crippen LogP contribution in [0.5, 0.6) is 5.75 Å². The molecule has 2 heterocycles. The summed E-state index contributed by atoms with van der Waals surface area (Å²) in [6.45, 7) is 3.63. The second kappa shape index (κ2) is 9.72. The molecule has 1 aromatic heterocycles. The number of nitrogens with zero attached hydrogens (tertiary/aromatic N) is 4. The van der Waals surface area contributed by atoms with E-state index in [0.717, 1.165) is 13.1 Å². The summed E-state index contributed by atoms with van der Waals surface area (Å²) in [6.07, 6.45) is 0. The first-order chi connectivity index (χ1) is 12.1. The van der Waals surface area contributed by atoms with Crippen molar-refractivity contribution in [1.29, 1.82) is 0 Å². The summed E-state index contributed by atoms with van der Waals surface area (Å²) >= 11 is 5.82. The van der Waals surface area contributed by atoms with Gasteiger partial charge in [-0.25, -0.2) is 0 Å². The molecule has 1 fully saturated rings. The van der Waals surface area contributed by atoms with Crippen molar-refractivity contribution >= 4 is 29.9 Å². The Balaban J connectivity index is 0.00000243. The van der Waals surface area contributed by atoms with Crippen LogP contribution in [0.15, 0.2) is 28.8 Å². The van der Waals surface area contributed by atoms with Crippen LogP contribution in [0.25, 0.3) is 0 Å². The zero-order valence-electron chi connectivity index (χ0n) is 14.1. The van der Waals surface area contributed by atoms with Crippen LogP contribution in [0, 0.1) is 0 Å². The SMILES string of the molecule is Cl.NCc1nc(CN2CCN(C(=O)COc3ccc(Cl)cc3)CC2)no1. The third kappa shape index (κ3) is 5.57. The van der Waals surface area contributed by atoms with E-state index in [1.165, 1.54) is 0 Å². The van der Waals surface area contributed by atoms with Gasteiger partial charge < -0.3 is 19.9 Å². The van der Waals surface area contributed by atoms with Crippen molar-refractivity contribution in [3.63, 3.8) is 0 Å². The van der Waals surface area contributed by atoms with Crippen molar-refractivity contribution in [3.8, 4) is 5.75 Å². The molecule has 2 N–H and O–H groups in total. The lowest BCUT2D eigenvalue weighted by atomic mass is 10.3. The highest BCUT2D eigenvalue weighted by atomic mass is 35.5. The minimum atomic E-state index is -0.0282. The van der Waals surface area contributed by atoms with Gasteiger partial charge in [0.25, 0.3) is 5.91 Å². The number of carbonyl (C=O) groups excluding carboxylic acids is 1. The van der Waals surface area contributed by atoms with Crippen molar-refractivity contribution in [2.24, 2.45) is 5.73 Å². The molecule has 1 aliphatic rings. The van der Waals surface area contributed by atoms with Gasteiger partial charge in [-0.1, -0.05) is 16.8 Å². The molecular weight excluding hydrogens is 381 g/mol. The lowest BCUT2D eigenvalue weighted by Gasteiger charge is -2.34. The van der Waals surface area contributed by atoms with E-state index in [-0.39, 0.29) is 31.5 Å². The van der Waals surface area contributed by atoms with Gasteiger partial charge in [-0.05, 0) is 24.3 Å². The highest BCUT2D eigenvalue weighted by molar-refractivity contribution is 6.30. The van der Waals surface area contributed by atoms with E-state index < -0.39 is 0 Å². The average Bonchev–Trinajstić information content (AvgIpc) is 3.09. The molecule has 1 aromatic carbocycles. The second-order valence-corrected chi connectivity index (χ2v) is 6.14. The molecular formula is C16H21Cl2N5O3. The number of ether oxygens (including phenoxy) is 1. The number of rotatable bonds is 6. The molecule has 0 radical (unpaired) electrons. The maximum absolute atomic E-state index is 12.2. The Labute approximate surface area is 162 Å². The molecule has 2 aromatic rings. The number of nitrogens with two attached hydrogens (primary N) is 1. The van der Waals surface area contributed by atoms with Gasteiger partial charge >= 0.3 is 0 Å². The molecule has 0 aliphatic carbocycles. The first-order valence-electron chi connectivity index (χ1n) is 8.04. The molecule has 1 saturated heterocycles. The van der Waals surface area contributed by atoms with Crippen LogP contribution in [0.1, 0.15) is 11.7 Å². The largest absolute Gasteiger partial charge is 0.484 e. The Hall–Kier alpha value is -1.87. The maximum atomic E-state index is 12.2. The van der Waals surface area contributed by atoms with E-state index >= 15 is 0 Å². The van der Waals surface area contributed by atoms with Gasteiger partial charge in [0.2, 0.25) is 5.89 Å². The zero-order chi connectivity index (χ0) is 17.6. The molecule has 8 nitrogen and oxygen atoms in total. The van der Waals surface area contributed by atoms with Crippen LogP contribution in [0.2, 0.25) is 5.02 Å². The first-order valence-corrected chi connectivity index (χ1v) is 8.42. The zero-order valence-corrected chi connectivity index (χ0v) is 15.7. The van der Waals surface area contributed by atoms with Gasteiger partial charge in [0.1, 0.15) is 5.75 Å². The molecule has 10 heteroatoms. The summed E-state index contributed by atoms with van der Waals surface area (Å²) in [5.74, 6) is 1.65. The molecule has 0 atom stereocenters. The average molecular weight is 402 g/mol. The van der Waals surface area contributed by atoms with Gasteiger partial charge in [-0.2, -0.15) is 4.98 Å². The Morgan fingerprint density at radius 2 is 1.92 bits per heavy atom. The number of amides is 1. The van der Waals surface area contributed by atoms with Crippen LogP contribution in [-0.2, 0) is 17.9 Å². The molecule has 1 aliphatic heterocycles. The second-order valence-electron chi connectivity index (χ2n) is 5.71. The molecule has 26 heavy (non-hydrogen) atoms. The Morgan fingerprint density at radius 3 is 2.54 bits per heavy atom. The number of hydrogen-bond donors (Lipinski definition) is 1. The third-order valence-corrected chi connectivity index (χ3v) is 4.20. The Morgan fingerprint density at radius 1 is 1.23 bits per heavy atom. The number of benzene rings is 1. The highest BCUT2D eigenvalue weighted by Crippen LogP contribution is 2.15. The van der Waals surface area contributed by atoms with Gasteiger partial charge in [0, 0.05) is 31.2 Å². The molecule has 0 bridgehead atoms. The summed E-state index contributed by atoms with van der Waals surface area (Å²) in [6, 6.07) is 6.95. The van der Waals surface area contributed by atoms with E-state index in [2.05, 4.69) is 15.0 Å². The summed E-state index contributed by atoms with van der Waals surface area (Å²) < 4.78 is 10.5. The van der Waals surface area contributed by atoms with Crippen molar-refractivity contribution in [1.82, 2.24) is 19.9 Å². The minimum Gasteiger partial charge on any atom is -0.484 e. The Kier molecular flexibility index (Phi) is 7.65. The molecule has 0 saturated carbocycles. The number of hydrogen-bond acceptors (Lipinski definition) is 7. The lowest BCUT2D eigenvalue weighted by Crippen LogP contribution is -2.49. The molecule has 0 unspecified atom stereocenters. The topological polar surface area (TPSA) is 97.7 Å². The number of halogens is 2. The predicted octanol–water partition coefficient (Wildman–Crippen LogP) is 1.33. The summed E-state index contributed by atoms with van der Waals surface area (Å²) in [4.78, 5) is 20.4. The van der Waals surface area contributed by atoms with Crippen LogP contribution < -0.4 is 10.5 Å². The first kappa shape index (κ1) is 20.4. The summed E-state index contributed by atoms with van der Waals surface area (Å²) in [5, 5.41) is 4.52. The van der Waals surface area contributed by atoms with Gasteiger partial charge in [0.15, 0.2) is 12.4 Å². The number of piperazine rings is 1. The van der Waals surface area contributed by atoms with Crippen molar-refractivity contribution < 1.29 is 14.1 Å². The third-order valence-electron chi connectivity index (χ3n) is 3.95. The van der Waals surface area contributed by atoms with Crippen molar-refractivity contribution in [2.75, 3.05) is 32.8 Å². The molecule has 3 rings (SSSR count). The van der Waals surface area contributed by atoms with E-state index in [1.807, 2.05) is 0 Å². The fourth-order valence-corrected chi connectivity index (χ4v) is 2.69. The van der Waals surface area contributed by atoms with Gasteiger partial charge in [0.05, 0.1) is 13.1 Å². The predicted molar refractivity (Wildman–Crippen MR) is 98.2 cm³/mol. The number of carbonyl (C=O) groups is 1. The van der Waals surface area contributed by atoms with Crippen molar-refractivity contribution in [2.45, 2.75) is 13.1 Å². The molecule has 1 amide bonds. The highest BCUT2D eigenvalue weighted by Gasteiger charge is 2.22. The number of aromatic nitrogens is 2. The fourth-order valence-electron chi connectivity index (χ4n) is 2.56. The molecule has 142 valence electrons. The Bertz CT molecular complexity index is 702. The quantitative estimate of drug-likeness (QED) is 0.779. The van der Waals surface area contributed by atoms with Gasteiger partial charge in [-0.15, -0.1) is 12.4 Å². The minimum absolute atomic E-state index is 0. The van der Waals surface area contributed by atoms with E-state index in [4.69, 9.17) is 26.6 Å². The van der Waals surface area contributed by atoms with Crippen LogP contribution >= 0.6 is 24.0 Å². The maximum Gasteiger partial charge on any atom is 0.260 e.